The SMILES string of the molecule is CCOc1ccc(/C=N\Nc2nc(CC)c(C(=O)OC)s2)cc1OC. The second-order valence-electron chi connectivity index (χ2n) is 4.85. The zero-order valence-electron chi connectivity index (χ0n) is 14.7. The van der Waals surface area contributed by atoms with Crippen LogP contribution in [0.5, 0.6) is 11.5 Å². The van der Waals surface area contributed by atoms with Crippen LogP contribution in [0.25, 0.3) is 0 Å². The quantitative estimate of drug-likeness (QED) is 0.440. The number of hydrogen-bond acceptors (Lipinski definition) is 8. The van der Waals surface area contributed by atoms with E-state index in [1.165, 1.54) is 18.4 Å². The van der Waals surface area contributed by atoms with Gasteiger partial charge in [0, 0.05) is 0 Å². The third kappa shape index (κ3) is 4.69. The van der Waals surface area contributed by atoms with Gasteiger partial charge in [0.05, 0.1) is 32.7 Å². The molecule has 0 saturated carbocycles. The first-order valence-electron chi connectivity index (χ1n) is 7.80. The number of benzene rings is 1. The lowest BCUT2D eigenvalue weighted by atomic mass is 10.2. The molecule has 0 amide bonds. The van der Waals surface area contributed by atoms with Crippen molar-refractivity contribution in [3.63, 3.8) is 0 Å². The van der Waals surface area contributed by atoms with Gasteiger partial charge in [0.15, 0.2) is 11.5 Å². The van der Waals surface area contributed by atoms with E-state index in [1.54, 1.807) is 13.3 Å². The van der Waals surface area contributed by atoms with Gasteiger partial charge < -0.3 is 14.2 Å². The molecule has 0 saturated heterocycles. The van der Waals surface area contributed by atoms with Crippen molar-refractivity contribution >= 4 is 28.7 Å². The highest BCUT2D eigenvalue weighted by molar-refractivity contribution is 7.17. The number of anilines is 1. The Balaban J connectivity index is 2.10. The van der Waals surface area contributed by atoms with E-state index in [2.05, 4.69) is 15.5 Å². The van der Waals surface area contributed by atoms with E-state index in [4.69, 9.17) is 14.2 Å². The molecular weight excluding hydrogens is 342 g/mol. The molecule has 1 heterocycles. The van der Waals surface area contributed by atoms with Crippen LogP contribution in [0.3, 0.4) is 0 Å². The van der Waals surface area contributed by atoms with Gasteiger partial charge in [0.2, 0.25) is 5.13 Å². The largest absolute Gasteiger partial charge is 0.493 e. The third-order valence-corrected chi connectivity index (χ3v) is 4.25. The molecule has 2 rings (SSSR count). The molecule has 7 nitrogen and oxygen atoms in total. The van der Waals surface area contributed by atoms with Crippen molar-refractivity contribution in [3.8, 4) is 11.5 Å². The minimum Gasteiger partial charge on any atom is -0.493 e. The van der Waals surface area contributed by atoms with E-state index >= 15 is 0 Å². The van der Waals surface area contributed by atoms with Gasteiger partial charge in [-0.1, -0.05) is 18.3 Å². The Morgan fingerprint density at radius 1 is 1.32 bits per heavy atom. The fourth-order valence-electron chi connectivity index (χ4n) is 2.09. The first-order valence-corrected chi connectivity index (χ1v) is 8.62. The highest BCUT2D eigenvalue weighted by atomic mass is 32.1. The number of rotatable bonds is 8. The molecule has 1 aromatic carbocycles. The number of esters is 1. The van der Waals surface area contributed by atoms with Gasteiger partial charge in [-0.3, -0.25) is 5.43 Å². The molecule has 25 heavy (non-hydrogen) atoms. The maximum atomic E-state index is 11.7. The third-order valence-electron chi connectivity index (χ3n) is 3.26. The average molecular weight is 363 g/mol. The number of ether oxygens (including phenoxy) is 3. The first-order chi connectivity index (χ1) is 12.1. The number of hydrazone groups is 1. The summed E-state index contributed by atoms with van der Waals surface area (Å²) >= 11 is 1.21. The first kappa shape index (κ1) is 18.7. The number of aryl methyl sites for hydroxylation is 1. The monoisotopic (exact) mass is 363 g/mol. The summed E-state index contributed by atoms with van der Waals surface area (Å²) in [6.45, 7) is 4.42. The van der Waals surface area contributed by atoms with Crippen LogP contribution >= 0.6 is 11.3 Å². The maximum absolute atomic E-state index is 11.7. The molecule has 0 aliphatic rings. The Labute approximate surface area is 150 Å². The van der Waals surface area contributed by atoms with Gasteiger partial charge in [-0.15, -0.1) is 0 Å². The standard InChI is InChI=1S/C17H21N3O4S/c1-5-12-15(16(21)23-4)25-17(19-12)20-18-10-11-7-8-13(24-6-2)14(9-11)22-3/h7-10H,5-6H2,1-4H3,(H,19,20)/b18-10-. The van der Waals surface area contributed by atoms with Crippen LogP contribution in [0.15, 0.2) is 23.3 Å². The Morgan fingerprint density at radius 3 is 2.76 bits per heavy atom. The van der Waals surface area contributed by atoms with Crippen LogP contribution in [-0.4, -0.2) is 38.0 Å². The van der Waals surface area contributed by atoms with Crippen molar-refractivity contribution in [1.29, 1.82) is 0 Å². The number of thiazole rings is 1. The van der Waals surface area contributed by atoms with Gasteiger partial charge in [-0.05, 0) is 37.1 Å². The van der Waals surface area contributed by atoms with Crippen LogP contribution in [0.2, 0.25) is 0 Å². The highest BCUT2D eigenvalue weighted by Crippen LogP contribution is 2.28. The Morgan fingerprint density at radius 2 is 2.12 bits per heavy atom. The van der Waals surface area contributed by atoms with Crippen molar-refractivity contribution in [2.24, 2.45) is 5.10 Å². The molecule has 134 valence electrons. The smallest absolute Gasteiger partial charge is 0.350 e. The summed E-state index contributed by atoms with van der Waals surface area (Å²) in [5.74, 6) is 0.939. The number of aromatic nitrogens is 1. The molecule has 1 aromatic heterocycles. The molecule has 1 N–H and O–H groups in total. The van der Waals surface area contributed by atoms with Crippen LogP contribution in [0, 0.1) is 0 Å². The van der Waals surface area contributed by atoms with Crippen LogP contribution < -0.4 is 14.9 Å². The summed E-state index contributed by atoms with van der Waals surface area (Å²) < 4.78 is 15.5. The summed E-state index contributed by atoms with van der Waals surface area (Å²) in [6, 6.07) is 5.53. The summed E-state index contributed by atoms with van der Waals surface area (Å²) in [4.78, 5) is 16.6. The number of hydrogen-bond donors (Lipinski definition) is 1. The van der Waals surface area contributed by atoms with E-state index in [9.17, 15) is 4.79 Å². The molecule has 0 unspecified atom stereocenters. The van der Waals surface area contributed by atoms with E-state index in [0.717, 1.165) is 5.56 Å². The van der Waals surface area contributed by atoms with Crippen LogP contribution in [-0.2, 0) is 11.2 Å². The zero-order valence-corrected chi connectivity index (χ0v) is 15.5. The van der Waals surface area contributed by atoms with Gasteiger partial charge in [0.1, 0.15) is 4.88 Å². The molecule has 0 bridgehead atoms. The number of carbonyl (C=O) groups excluding carboxylic acids is 1. The summed E-state index contributed by atoms with van der Waals surface area (Å²) in [7, 11) is 2.94. The predicted octanol–water partition coefficient (Wildman–Crippen LogP) is 3.35. The lowest BCUT2D eigenvalue weighted by molar-refractivity contribution is 0.0605. The summed E-state index contributed by atoms with van der Waals surface area (Å²) in [5.41, 5.74) is 4.37. The molecule has 2 aromatic rings. The van der Waals surface area contributed by atoms with Gasteiger partial charge in [-0.25, -0.2) is 9.78 Å². The van der Waals surface area contributed by atoms with E-state index in [-0.39, 0.29) is 5.97 Å². The number of nitrogens with zero attached hydrogens (tertiary/aromatic N) is 2. The van der Waals surface area contributed by atoms with E-state index < -0.39 is 0 Å². The number of carbonyl (C=O) groups is 1. The maximum Gasteiger partial charge on any atom is 0.350 e. The normalized spacial score (nSPS) is 10.7. The second-order valence-corrected chi connectivity index (χ2v) is 5.85. The zero-order chi connectivity index (χ0) is 18.2. The molecule has 8 heteroatoms. The molecule has 0 aliphatic heterocycles. The second kappa shape index (κ2) is 9.03. The minimum atomic E-state index is -0.386. The molecule has 0 fully saturated rings. The molecule has 0 radical (unpaired) electrons. The van der Waals surface area contributed by atoms with Crippen molar-refractivity contribution in [2.45, 2.75) is 20.3 Å². The molecule has 0 aliphatic carbocycles. The van der Waals surface area contributed by atoms with E-state index in [0.29, 0.717) is 40.2 Å². The highest BCUT2D eigenvalue weighted by Gasteiger charge is 2.17. The fourth-order valence-corrected chi connectivity index (χ4v) is 3.01. The van der Waals surface area contributed by atoms with Crippen molar-refractivity contribution < 1.29 is 19.0 Å². The number of methoxy groups -OCH3 is 2. The van der Waals surface area contributed by atoms with Crippen LogP contribution in [0.1, 0.15) is 34.8 Å². The summed E-state index contributed by atoms with van der Waals surface area (Å²) in [5, 5.41) is 4.69. The van der Waals surface area contributed by atoms with Crippen molar-refractivity contribution in [3.05, 3.63) is 34.3 Å². The Hall–Kier alpha value is -2.61. The topological polar surface area (TPSA) is 82.0 Å². The number of nitrogens with one attached hydrogen (secondary N) is 1. The van der Waals surface area contributed by atoms with Crippen molar-refractivity contribution in [1.82, 2.24) is 4.98 Å². The van der Waals surface area contributed by atoms with Crippen LogP contribution in [0.4, 0.5) is 5.13 Å². The fraction of sp³-hybridized carbons (Fsp3) is 0.353. The average Bonchev–Trinajstić information content (AvgIpc) is 3.05. The van der Waals surface area contributed by atoms with E-state index in [1.807, 2.05) is 32.0 Å². The van der Waals surface area contributed by atoms with Gasteiger partial charge >= 0.3 is 5.97 Å². The Bertz CT molecular complexity index is 758. The Kier molecular flexibility index (Phi) is 6.76. The minimum absolute atomic E-state index is 0.386. The predicted molar refractivity (Wildman–Crippen MR) is 98.2 cm³/mol. The molecular formula is C17H21N3O4S. The lowest BCUT2D eigenvalue weighted by Crippen LogP contribution is -2.01. The van der Waals surface area contributed by atoms with Gasteiger partial charge in [-0.2, -0.15) is 5.10 Å². The lowest BCUT2D eigenvalue weighted by Gasteiger charge is -2.09. The molecule has 0 atom stereocenters. The van der Waals surface area contributed by atoms with Crippen molar-refractivity contribution in [2.75, 3.05) is 26.3 Å². The summed E-state index contributed by atoms with van der Waals surface area (Å²) in [6.07, 6.45) is 2.28. The van der Waals surface area contributed by atoms with Gasteiger partial charge in [0.25, 0.3) is 0 Å². The molecule has 0 spiro atoms.